The number of nitrogens with one attached hydrogen (secondary N) is 5. The molecule has 149 valence electrons. The molecule has 10 heteroatoms. The second-order valence-electron chi connectivity index (χ2n) is 6.54. The van der Waals surface area contributed by atoms with Crippen molar-refractivity contribution in [1.82, 2.24) is 21.4 Å². The summed E-state index contributed by atoms with van der Waals surface area (Å²) in [6, 6.07) is -1.66. The summed E-state index contributed by atoms with van der Waals surface area (Å²) in [4.78, 5) is 35.3. The number of amides is 2. The van der Waals surface area contributed by atoms with E-state index in [1.165, 1.54) is 0 Å². The van der Waals surface area contributed by atoms with Crippen LogP contribution in [0.5, 0.6) is 0 Å². The molecule has 0 rings (SSSR count). The van der Waals surface area contributed by atoms with E-state index >= 15 is 0 Å². The molecule has 3 atom stereocenters. The molecular formula is C16H31N6O4. The van der Waals surface area contributed by atoms with Gasteiger partial charge in [0, 0.05) is 12.5 Å². The molecule has 1 unspecified atom stereocenters. The number of hydrogen-bond donors (Lipinski definition) is 5. The van der Waals surface area contributed by atoms with Gasteiger partial charge in [-0.15, -0.1) is 0 Å². The number of hydrogen-bond acceptors (Lipinski definition) is 5. The first-order valence-corrected chi connectivity index (χ1v) is 8.80. The van der Waals surface area contributed by atoms with E-state index in [1.807, 2.05) is 20.8 Å². The van der Waals surface area contributed by atoms with Crippen LogP contribution in [0.25, 0.3) is 0 Å². The molecule has 5 N–H and O–H groups in total. The third-order valence-corrected chi connectivity index (χ3v) is 3.85. The third-order valence-electron chi connectivity index (χ3n) is 3.85. The second kappa shape index (κ2) is 12.0. The van der Waals surface area contributed by atoms with Crippen LogP contribution >= 0.6 is 0 Å². The minimum atomic E-state index is -0.973. The van der Waals surface area contributed by atoms with Crippen molar-refractivity contribution in [3.63, 3.8) is 0 Å². The first-order chi connectivity index (χ1) is 12.1. The number of hydrazine groups is 1. The minimum Gasteiger partial charge on any atom is -0.349 e. The van der Waals surface area contributed by atoms with Gasteiger partial charge in [0.1, 0.15) is 6.04 Å². The summed E-state index contributed by atoms with van der Waals surface area (Å²) in [6.07, 6.45) is 1.65. The Balaban J connectivity index is 5.17. The molecule has 0 saturated heterocycles. The number of nitro groups is 1. The van der Waals surface area contributed by atoms with Crippen molar-refractivity contribution in [2.75, 3.05) is 0 Å². The van der Waals surface area contributed by atoms with E-state index in [-0.39, 0.29) is 11.8 Å². The SMILES string of the molecule is CCC(NC(=N)N[N+](=O)[O-])[C@H](NC(=O)[C@@H](C)CC)C(=O)N[CH]CC(C)C. The molecule has 0 aliphatic rings. The summed E-state index contributed by atoms with van der Waals surface area (Å²) in [7, 11) is 0. The zero-order chi connectivity index (χ0) is 20.3. The van der Waals surface area contributed by atoms with Gasteiger partial charge in [-0.3, -0.25) is 15.0 Å². The van der Waals surface area contributed by atoms with Crippen molar-refractivity contribution in [3.8, 4) is 0 Å². The molecular weight excluding hydrogens is 340 g/mol. The summed E-state index contributed by atoms with van der Waals surface area (Å²) < 4.78 is 0. The number of rotatable bonds is 11. The maximum absolute atomic E-state index is 12.6. The van der Waals surface area contributed by atoms with Crippen molar-refractivity contribution in [2.24, 2.45) is 11.8 Å². The molecule has 0 aliphatic heterocycles. The molecule has 0 fully saturated rings. The van der Waals surface area contributed by atoms with Crippen LogP contribution in [-0.4, -0.2) is 34.9 Å². The average Bonchev–Trinajstić information content (AvgIpc) is 2.55. The fourth-order valence-electron chi connectivity index (χ4n) is 2.04. The summed E-state index contributed by atoms with van der Waals surface area (Å²) in [5.41, 5.74) is 1.69. The molecule has 0 saturated carbocycles. The molecule has 10 nitrogen and oxygen atoms in total. The second-order valence-corrected chi connectivity index (χ2v) is 6.54. The summed E-state index contributed by atoms with van der Waals surface area (Å²) in [6.45, 7) is 11.0. The molecule has 0 aromatic rings. The topological polar surface area (TPSA) is 149 Å². The standard InChI is InChI=1S/C16H31N6O4/c1-6-11(5)14(23)20-13(15(24)18-9-8-10(3)4)12(7-2)19-16(17)21-22(25)26/h9-13H,6-8H2,1-5H3,(H,18,24)(H,20,23)(H3,17,19,21)/t11-,12?,13-/m0/s1. The van der Waals surface area contributed by atoms with Crippen LogP contribution in [0.2, 0.25) is 0 Å². The van der Waals surface area contributed by atoms with E-state index in [1.54, 1.807) is 25.8 Å². The predicted molar refractivity (Wildman–Crippen MR) is 98.4 cm³/mol. The van der Waals surface area contributed by atoms with Gasteiger partial charge in [-0.25, -0.2) is 10.1 Å². The lowest BCUT2D eigenvalue weighted by molar-refractivity contribution is -0.525. The van der Waals surface area contributed by atoms with Crippen LogP contribution in [0.3, 0.4) is 0 Å². The molecule has 0 spiro atoms. The van der Waals surface area contributed by atoms with Crippen LogP contribution < -0.4 is 21.4 Å². The molecule has 26 heavy (non-hydrogen) atoms. The molecule has 0 aliphatic carbocycles. The summed E-state index contributed by atoms with van der Waals surface area (Å²) >= 11 is 0. The monoisotopic (exact) mass is 371 g/mol. The van der Waals surface area contributed by atoms with Crippen LogP contribution in [0, 0.1) is 33.9 Å². The highest BCUT2D eigenvalue weighted by Crippen LogP contribution is 2.06. The fourth-order valence-corrected chi connectivity index (χ4v) is 2.04. The van der Waals surface area contributed by atoms with E-state index in [0.717, 1.165) is 0 Å². The summed E-state index contributed by atoms with van der Waals surface area (Å²) in [5.74, 6) is -1.19. The number of guanidine groups is 1. The Morgan fingerprint density at radius 1 is 1.12 bits per heavy atom. The first-order valence-electron chi connectivity index (χ1n) is 8.80. The lowest BCUT2D eigenvalue weighted by Gasteiger charge is -2.28. The van der Waals surface area contributed by atoms with Gasteiger partial charge >= 0.3 is 0 Å². The van der Waals surface area contributed by atoms with Gasteiger partial charge < -0.3 is 16.0 Å². The van der Waals surface area contributed by atoms with Gasteiger partial charge in [0.15, 0.2) is 5.03 Å². The van der Waals surface area contributed by atoms with Gasteiger partial charge in [0.2, 0.25) is 11.8 Å². The Morgan fingerprint density at radius 2 is 1.73 bits per heavy atom. The summed E-state index contributed by atoms with van der Waals surface area (Å²) in [5, 5.41) is 25.1. The van der Waals surface area contributed by atoms with E-state index in [0.29, 0.717) is 25.2 Å². The van der Waals surface area contributed by atoms with Crippen molar-refractivity contribution >= 4 is 17.8 Å². The van der Waals surface area contributed by atoms with E-state index < -0.39 is 29.0 Å². The fraction of sp³-hybridized carbons (Fsp3) is 0.750. The largest absolute Gasteiger partial charge is 0.349 e. The van der Waals surface area contributed by atoms with Crippen LogP contribution in [-0.2, 0) is 9.59 Å². The highest BCUT2D eigenvalue weighted by atomic mass is 16.7. The molecule has 0 aromatic heterocycles. The van der Waals surface area contributed by atoms with E-state index in [9.17, 15) is 19.7 Å². The van der Waals surface area contributed by atoms with Crippen molar-refractivity contribution in [1.29, 1.82) is 5.41 Å². The number of carbonyl (C=O) groups is 2. The Kier molecular flexibility index (Phi) is 10.9. The Bertz CT molecular complexity index is 497. The highest BCUT2D eigenvalue weighted by Gasteiger charge is 2.31. The molecule has 2 amide bonds. The number of carbonyl (C=O) groups excluding carboxylic acids is 2. The lowest BCUT2D eigenvalue weighted by atomic mass is 10.0. The van der Waals surface area contributed by atoms with Gasteiger partial charge in [-0.2, -0.15) is 0 Å². The minimum absolute atomic E-state index is 0.279. The normalized spacial score (nSPS) is 14.1. The molecule has 0 heterocycles. The quantitative estimate of drug-likeness (QED) is 0.158. The average molecular weight is 371 g/mol. The maximum atomic E-state index is 12.6. The van der Waals surface area contributed by atoms with E-state index in [2.05, 4.69) is 16.0 Å². The van der Waals surface area contributed by atoms with Crippen molar-refractivity contribution in [2.45, 2.75) is 66.0 Å². The van der Waals surface area contributed by atoms with Crippen LogP contribution in [0.1, 0.15) is 53.9 Å². The van der Waals surface area contributed by atoms with Gasteiger partial charge in [0.05, 0.1) is 6.04 Å². The Morgan fingerprint density at radius 3 is 2.19 bits per heavy atom. The maximum Gasteiger partial charge on any atom is 0.251 e. The zero-order valence-electron chi connectivity index (χ0n) is 16.1. The van der Waals surface area contributed by atoms with Crippen LogP contribution in [0.15, 0.2) is 0 Å². The highest BCUT2D eigenvalue weighted by molar-refractivity contribution is 5.90. The van der Waals surface area contributed by atoms with Crippen molar-refractivity contribution in [3.05, 3.63) is 16.7 Å². The predicted octanol–water partition coefficient (Wildman–Crippen LogP) is 0.926. The van der Waals surface area contributed by atoms with Gasteiger partial charge in [-0.1, -0.05) is 40.0 Å². The first kappa shape index (κ1) is 23.6. The van der Waals surface area contributed by atoms with E-state index in [4.69, 9.17) is 5.41 Å². The smallest absolute Gasteiger partial charge is 0.251 e. The zero-order valence-corrected chi connectivity index (χ0v) is 16.1. The third kappa shape index (κ3) is 9.19. The molecule has 0 aromatic carbocycles. The van der Waals surface area contributed by atoms with Crippen molar-refractivity contribution < 1.29 is 14.6 Å². The van der Waals surface area contributed by atoms with Gasteiger partial charge in [-0.05, 0) is 25.2 Å². The van der Waals surface area contributed by atoms with Crippen LogP contribution in [0.4, 0.5) is 0 Å². The Hall–Kier alpha value is -2.39. The van der Waals surface area contributed by atoms with Gasteiger partial charge in [0.25, 0.3) is 5.96 Å². The number of nitrogens with zero attached hydrogens (tertiary/aromatic N) is 1. The lowest BCUT2D eigenvalue weighted by Crippen LogP contribution is -2.60. The Labute approximate surface area is 154 Å². The molecule has 1 radical (unpaired) electrons. The molecule has 0 bridgehead atoms.